The molecular formula is C32H55NO9S. The van der Waals surface area contributed by atoms with Gasteiger partial charge in [-0.3, -0.25) is 0 Å². The van der Waals surface area contributed by atoms with E-state index < -0.39 is 22.2 Å². The number of allylic oxidation sites excluding steroid dienone is 2. The third-order valence-corrected chi connectivity index (χ3v) is 8.84. The van der Waals surface area contributed by atoms with Crippen LogP contribution in [0.4, 0.5) is 4.79 Å². The lowest BCUT2D eigenvalue weighted by atomic mass is 9.89. The molecule has 0 aromatic heterocycles. The molecule has 0 aromatic carbocycles. The number of hydrogen-bond acceptors (Lipinski definition) is 9. The van der Waals surface area contributed by atoms with Crippen molar-refractivity contribution in [3.8, 4) is 0 Å². The van der Waals surface area contributed by atoms with Gasteiger partial charge in [-0.2, -0.15) is 0 Å². The number of ether oxygens (including phenoxy) is 5. The van der Waals surface area contributed by atoms with E-state index in [1.807, 2.05) is 0 Å². The Morgan fingerprint density at radius 3 is 2.44 bits per heavy atom. The van der Waals surface area contributed by atoms with Crippen LogP contribution in [0.15, 0.2) is 24.3 Å². The van der Waals surface area contributed by atoms with Gasteiger partial charge in [-0.05, 0) is 76.5 Å². The van der Waals surface area contributed by atoms with Crippen molar-refractivity contribution in [2.75, 3.05) is 26.1 Å². The van der Waals surface area contributed by atoms with E-state index in [4.69, 9.17) is 23.7 Å². The molecule has 3 rings (SSSR count). The standard InChI is InChI=1S/C32H55NO9S/c1-3-4-8-15-25(41-30-17-10-13-21-38-30)19-20-27-26(28(34)24-29(27)42-31-18-11-14-22-39-31)16-9-6-5-7-12-23-40-32(35)33-43(2,36)37/h6,9,19-20,25-31,34H,3-5,7-8,10-18,21-24H2,1-2H3,(H,33,35)/t25-,26+,27+,28-,29+,30?,31?/m0/s1. The normalized spacial score (nSPS) is 29.3. The van der Waals surface area contributed by atoms with Crippen molar-refractivity contribution >= 4 is 16.1 Å². The van der Waals surface area contributed by atoms with Gasteiger partial charge in [0.25, 0.3) is 0 Å². The Morgan fingerprint density at radius 2 is 1.77 bits per heavy atom. The van der Waals surface area contributed by atoms with Crippen LogP contribution in [0.25, 0.3) is 0 Å². The van der Waals surface area contributed by atoms with E-state index in [9.17, 15) is 18.3 Å². The lowest BCUT2D eigenvalue weighted by Gasteiger charge is -2.30. The number of unbranched alkanes of at least 4 members (excludes halogenated alkanes) is 4. The minimum Gasteiger partial charge on any atom is -0.449 e. The summed E-state index contributed by atoms with van der Waals surface area (Å²) < 4.78 is 53.4. The predicted molar refractivity (Wildman–Crippen MR) is 165 cm³/mol. The van der Waals surface area contributed by atoms with E-state index in [0.717, 1.165) is 96.5 Å². The average molecular weight is 630 g/mol. The van der Waals surface area contributed by atoms with Crippen LogP contribution in [0.3, 0.4) is 0 Å². The first-order valence-corrected chi connectivity index (χ1v) is 18.3. The van der Waals surface area contributed by atoms with E-state index in [1.165, 1.54) is 6.42 Å². The third kappa shape index (κ3) is 14.4. The average Bonchev–Trinajstić information content (AvgIpc) is 3.26. The summed E-state index contributed by atoms with van der Waals surface area (Å²) in [5.41, 5.74) is 0. The zero-order valence-electron chi connectivity index (χ0n) is 26.2. The summed E-state index contributed by atoms with van der Waals surface area (Å²) in [5.74, 6) is 0.0582. The number of aliphatic hydroxyl groups excluding tert-OH is 1. The van der Waals surface area contributed by atoms with Gasteiger partial charge in [0.1, 0.15) is 0 Å². The first kappa shape index (κ1) is 36.0. The van der Waals surface area contributed by atoms with E-state index >= 15 is 0 Å². The molecule has 2 aliphatic heterocycles. The van der Waals surface area contributed by atoms with Gasteiger partial charge in [-0.25, -0.2) is 17.9 Å². The SMILES string of the molecule is CCCCC[C@@H](C=C[C@@H]1[C@@H](CC=CCCCCOC(=O)NS(C)(=O)=O)[C@@H](O)C[C@H]1OC1CCCCO1)OC1CCCCO1. The molecule has 2 N–H and O–H groups in total. The second-order valence-corrected chi connectivity index (χ2v) is 13.8. The van der Waals surface area contributed by atoms with Crippen molar-refractivity contribution in [2.45, 2.75) is 134 Å². The van der Waals surface area contributed by atoms with Gasteiger partial charge in [0.15, 0.2) is 12.6 Å². The predicted octanol–water partition coefficient (Wildman–Crippen LogP) is 5.75. The minimum atomic E-state index is -3.62. The van der Waals surface area contributed by atoms with Crippen LogP contribution in [0.5, 0.6) is 0 Å². The molecule has 1 saturated carbocycles. The first-order valence-electron chi connectivity index (χ1n) is 16.4. The zero-order chi connectivity index (χ0) is 30.9. The second-order valence-electron chi connectivity index (χ2n) is 12.1. The highest BCUT2D eigenvalue weighted by Crippen LogP contribution is 2.39. The summed E-state index contributed by atoms with van der Waals surface area (Å²) in [6.45, 7) is 3.83. The van der Waals surface area contributed by atoms with Gasteiger partial charge in [-0.15, -0.1) is 0 Å². The molecule has 0 aromatic rings. The molecule has 7 atom stereocenters. The number of aliphatic hydroxyl groups is 1. The van der Waals surface area contributed by atoms with Crippen LogP contribution in [0.1, 0.15) is 103 Å². The maximum Gasteiger partial charge on any atom is 0.420 e. The van der Waals surface area contributed by atoms with Crippen molar-refractivity contribution in [3.63, 3.8) is 0 Å². The Bertz CT molecular complexity index is 944. The highest BCUT2D eigenvalue weighted by molar-refractivity contribution is 7.89. The summed E-state index contributed by atoms with van der Waals surface area (Å²) in [6, 6.07) is 0. The van der Waals surface area contributed by atoms with Gasteiger partial charge in [-0.1, -0.05) is 50.5 Å². The Kier molecular flexibility index (Phi) is 16.6. The van der Waals surface area contributed by atoms with Crippen LogP contribution in [-0.2, 0) is 33.7 Å². The maximum absolute atomic E-state index is 11.4. The summed E-state index contributed by atoms with van der Waals surface area (Å²) >= 11 is 0. The molecule has 43 heavy (non-hydrogen) atoms. The Labute approximate surface area is 258 Å². The van der Waals surface area contributed by atoms with Gasteiger partial charge in [0.2, 0.25) is 10.0 Å². The quantitative estimate of drug-likeness (QED) is 0.144. The van der Waals surface area contributed by atoms with Crippen molar-refractivity contribution in [3.05, 3.63) is 24.3 Å². The number of hydrogen-bond donors (Lipinski definition) is 2. The summed E-state index contributed by atoms with van der Waals surface area (Å²) in [4.78, 5) is 11.4. The molecular weight excluding hydrogens is 574 g/mol. The zero-order valence-corrected chi connectivity index (χ0v) is 27.0. The first-order chi connectivity index (χ1) is 20.7. The molecule has 10 nitrogen and oxygen atoms in total. The van der Waals surface area contributed by atoms with E-state index in [-0.39, 0.29) is 43.2 Å². The number of carbonyl (C=O) groups is 1. The van der Waals surface area contributed by atoms with Crippen LogP contribution in [0, 0.1) is 11.8 Å². The molecule has 2 unspecified atom stereocenters. The van der Waals surface area contributed by atoms with Crippen molar-refractivity contribution < 1.29 is 42.0 Å². The van der Waals surface area contributed by atoms with E-state index in [2.05, 4.69) is 31.2 Å². The molecule has 2 saturated heterocycles. The molecule has 3 fully saturated rings. The lowest BCUT2D eigenvalue weighted by Crippen LogP contribution is -2.31. The van der Waals surface area contributed by atoms with Crippen molar-refractivity contribution in [1.82, 2.24) is 4.72 Å². The highest BCUT2D eigenvalue weighted by atomic mass is 32.2. The monoisotopic (exact) mass is 629 g/mol. The third-order valence-electron chi connectivity index (χ3n) is 8.30. The fourth-order valence-corrected chi connectivity index (χ4v) is 6.36. The minimum absolute atomic E-state index is 0.0198. The number of sulfonamides is 1. The van der Waals surface area contributed by atoms with E-state index in [0.29, 0.717) is 12.8 Å². The van der Waals surface area contributed by atoms with E-state index in [1.54, 1.807) is 4.72 Å². The largest absolute Gasteiger partial charge is 0.449 e. The molecule has 2 heterocycles. The second kappa shape index (κ2) is 19.8. The number of carbonyl (C=O) groups excluding carboxylic acids is 1. The summed E-state index contributed by atoms with van der Waals surface area (Å²) in [6.07, 6.45) is 21.6. The molecule has 3 aliphatic rings. The van der Waals surface area contributed by atoms with Crippen LogP contribution >= 0.6 is 0 Å². The highest BCUT2D eigenvalue weighted by Gasteiger charge is 2.42. The Hall–Kier alpha value is -1.50. The Morgan fingerprint density at radius 1 is 1.02 bits per heavy atom. The molecule has 11 heteroatoms. The number of rotatable bonds is 18. The number of nitrogens with one attached hydrogen (secondary N) is 1. The fraction of sp³-hybridized carbons (Fsp3) is 0.844. The maximum atomic E-state index is 11.4. The molecule has 0 bridgehead atoms. The lowest BCUT2D eigenvalue weighted by molar-refractivity contribution is -0.193. The van der Waals surface area contributed by atoms with Crippen LogP contribution in [0.2, 0.25) is 0 Å². The number of amides is 1. The Balaban J connectivity index is 1.56. The molecule has 1 amide bonds. The molecule has 1 aliphatic carbocycles. The fourth-order valence-electron chi connectivity index (χ4n) is 5.99. The van der Waals surface area contributed by atoms with Gasteiger partial charge >= 0.3 is 6.09 Å². The van der Waals surface area contributed by atoms with Crippen molar-refractivity contribution in [2.24, 2.45) is 11.8 Å². The molecule has 248 valence electrons. The van der Waals surface area contributed by atoms with Crippen LogP contribution < -0.4 is 4.72 Å². The topological polar surface area (TPSA) is 130 Å². The van der Waals surface area contributed by atoms with Crippen LogP contribution in [-0.4, -0.2) is 76.6 Å². The van der Waals surface area contributed by atoms with Gasteiger partial charge in [0, 0.05) is 25.6 Å². The molecule has 0 spiro atoms. The van der Waals surface area contributed by atoms with Gasteiger partial charge < -0.3 is 28.8 Å². The smallest absolute Gasteiger partial charge is 0.420 e. The molecule has 0 radical (unpaired) electrons. The van der Waals surface area contributed by atoms with Gasteiger partial charge in [0.05, 0.1) is 31.2 Å². The summed E-state index contributed by atoms with van der Waals surface area (Å²) in [7, 11) is -3.62. The summed E-state index contributed by atoms with van der Waals surface area (Å²) in [5, 5.41) is 11.1. The van der Waals surface area contributed by atoms with Crippen molar-refractivity contribution in [1.29, 1.82) is 0 Å².